The van der Waals surface area contributed by atoms with E-state index in [0.29, 0.717) is 12.8 Å². The van der Waals surface area contributed by atoms with Gasteiger partial charge in [0.15, 0.2) is 0 Å². The second-order valence-electron chi connectivity index (χ2n) is 6.47. The molecule has 24 heavy (non-hydrogen) atoms. The van der Waals surface area contributed by atoms with Crippen LogP contribution in [0, 0.1) is 17.8 Å². The maximum atomic E-state index is 12.5. The molecule has 2 fully saturated rings. The van der Waals surface area contributed by atoms with E-state index >= 15 is 0 Å². The first kappa shape index (κ1) is 16.6. The molecule has 1 aliphatic heterocycles. The number of carbonyl (C=O) groups is 3. The number of likely N-dealkylation sites (tertiary alicyclic amines) is 1. The second kappa shape index (κ2) is 6.73. The zero-order chi connectivity index (χ0) is 17.3. The standard InChI is InChI=1S/C18H21NO5/c1-11-16-13(18(23)24-10-12-5-3-2-4-6-12)7-8-14(16)19(17(11)22)15(21)9-20/h2-6,11,13-14,16,20H,7-10H2,1H3/t11-,13?,14+,16+/m1/s1. The van der Waals surface area contributed by atoms with Gasteiger partial charge in [0.1, 0.15) is 13.2 Å². The van der Waals surface area contributed by atoms with Crippen molar-refractivity contribution in [2.24, 2.45) is 17.8 Å². The van der Waals surface area contributed by atoms with Crippen LogP contribution in [0.25, 0.3) is 0 Å². The summed E-state index contributed by atoms with van der Waals surface area (Å²) in [5.41, 5.74) is 0.910. The van der Waals surface area contributed by atoms with E-state index in [1.54, 1.807) is 6.92 Å². The predicted molar refractivity (Wildman–Crippen MR) is 84.3 cm³/mol. The minimum absolute atomic E-state index is 0.204. The van der Waals surface area contributed by atoms with Gasteiger partial charge >= 0.3 is 5.97 Å². The zero-order valence-electron chi connectivity index (χ0n) is 13.6. The third-order valence-electron chi connectivity index (χ3n) is 5.15. The molecule has 1 saturated heterocycles. The van der Waals surface area contributed by atoms with Crippen molar-refractivity contribution in [2.75, 3.05) is 6.61 Å². The Morgan fingerprint density at radius 2 is 1.96 bits per heavy atom. The van der Waals surface area contributed by atoms with Gasteiger partial charge in [-0.25, -0.2) is 0 Å². The number of hydrogen-bond acceptors (Lipinski definition) is 5. The van der Waals surface area contributed by atoms with Crippen LogP contribution in [0.3, 0.4) is 0 Å². The van der Waals surface area contributed by atoms with Crippen LogP contribution in [0.5, 0.6) is 0 Å². The first-order valence-corrected chi connectivity index (χ1v) is 8.22. The van der Waals surface area contributed by atoms with Crippen LogP contribution in [0.4, 0.5) is 0 Å². The van der Waals surface area contributed by atoms with Crippen LogP contribution in [0.15, 0.2) is 30.3 Å². The Hall–Kier alpha value is -2.21. The SMILES string of the molecule is C[C@H]1C(=O)N(C(=O)CO)[C@H]2CCC(C(=O)OCc3ccccc3)[C@H]12. The number of aliphatic hydroxyl groups excluding tert-OH is 1. The summed E-state index contributed by atoms with van der Waals surface area (Å²) in [6, 6.07) is 9.12. The van der Waals surface area contributed by atoms with Crippen molar-refractivity contribution in [3.8, 4) is 0 Å². The summed E-state index contributed by atoms with van der Waals surface area (Å²) >= 11 is 0. The van der Waals surface area contributed by atoms with E-state index in [2.05, 4.69) is 0 Å². The van der Waals surface area contributed by atoms with E-state index in [-0.39, 0.29) is 36.4 Å². The van der Waals surface area contributed by atoms with Crippen LogP contribution in [0.1, 0.15) is 25.3 Å². The van der Waals surface area contributed by atoms with E-state index in [0.717, 1.165) is 10.5 Å². The molecule has 1 N–H and O–H groups in total. The van der Waals surface area contributed by atoms with Crippen molar-refractivity contribution in [3.63, 3.8) is 0 Å². The smallest absolute Gasteiger partial charge is 0.309 e. The average Bonchev–Trinajstić information content (AvgIpc) is 3.13. The summed E-state index contributed by atoms with van der Waals surface area (Å²) < 4.78 is 5.42. The third kappa shape index (κ3) is 2.82. The molecule has 1 aliphatic carbocycles. The molecule has 1 unspecified atom stereocenters. The maximum absolute atomic E-state index is 12.5. The number of hydrogen-bond donors (Lipinski definition) is 1. The van der Waals surface area contributed by atoms with E-state index < -0.39 is 18.4 Å². The topological polar surface area (TPSA) is 83.9 Å². The molecular formula is C18H21NO5. The predicted octanol–water partition coefficient (Wildman–Crippen LogP) is 1.12. The molecule has 1 saturated carbocycles. The Morgan fingerprint density at radius 3 is 2.62 bits per heavy atom. The number of imide groups is 1. The number of ether oxygens (including phenoxy) is 1. The van der Waals surface area contributed by atoms with Crippen molar-refractivity contribution in [1.29, 1.82) is 0 Å². The summed E-state index contributed by atoms with van der Waals surface area (Å²) in [5.74, 6) is -2.22. The largest absolute Gasteiger partial charge is 0.461 e. The molecule has 0 spiro atoms. The zero-order valence-corrected chi connectivity index (χ0v) is 13.6. The molecule has 3 rings (SSSR count). The molecular weight excluding hydrogens is 310 g/mol. The number of benzene rings is 1. The van der Waals surface area contributed by atoms with Gasteiger partial charge < -0.3 is 9.84 Å². The second-order valence-corrected chi connectivity index (χ2v) is 6.47. The van der Waals surface area contributed by atoms with Crippen LogP contribution < -0.4 is 0 Å². The molecule has 2 aliphatic rings. The Labute approximate surface area is 140 Å². The number of carbonyl (C=O) groups excluding carboxylic acids is 3. The van der Waals surface area contributed by atoms with Gasteiger partial charge in [-0.1, -0.05) is 37.3 Å². The highest BCUT2D eigenvalue weighted by Crippen LogP contribution is 2.46. The maximum Gasteiger partial charge on any atom is 0.309 e. The first-order valence-electron chi connectivity index (χ1n) is 8.22. The molecule has 4 atom stereocenters. The Morgan fingerprint density at radius 1 is 1.25 bits per heavy atom. The van der Waals surface area contributed by atoms with Gasteiger partial charge in [-0.2, -0.15) is 0 Å². The lowest BCUT2D eigenvalue weighted by Gasteiger charge is -2.21. The van der Waals surface area contributed by atoms with Gasteiger partial charge in [0.05, 0.1) is 5.92 Å². The quantitative estimate of drug-likeness (QED) is 0.836. The molecule has 1 aromatic carbocycles. The van der Waals surface area contributed by atoms with E-state index in [1.165, 1.54) is 0 Å². The molecule has 6 heteroatoms. The van der Waals surface area contributed by atoms with Gasteiger partial charge in [0, 0.05) is 17.9 Å². The lowest BCUT2D eigenvalue weighted by atomic mass is 9.86. The fraction of sp³-hybridized carbons (Fsp3) is 0.500. The number of nitrogens with zero attached hydrogens (tertiary/aromatic N) is 1. The summed E-state index contributed by atoms with van der Waals surface area (Å²) in [5, 5.41) is 9.07. The summed E-state index contributed by atoms with van der Waals surface area (Å²) in [6.45, 7) is 1.26. The van der Waals surface area contributed by atoms with Crippen molar-refractivity contribution in [1.82, 2.24) is 4.90 Å². The molecule has 0 radical (unpaired) electrons. The molecule has 1 aromatic rings. The average molecular weight is 331 g/mol. The monoisotopic (exact) mass is 331 g/mol. The van der Waals surface area contributed by atoms with Crippen LogP contribution in [0.2, 0.25) is 0 Å². The first-order chi connectivity index (χ1) is 11.5. The van der Waals surface area contributed by atoms with Crippen LogP contribution >= 0.6 is 0 Å². The van der Waals surface area contributed by atoms with Gasteiger partial charge in [-0.15, -0.1) is 0 Å². The molecule has 128 valence electrons. The number of esters is 1. The van der Waals surface area contributed by atoms with Crippen molar-refractivity contribution in [3.05, 3.63) is 35.9 Å². The fourth-order valence-electron chi connectivity index (χ4n) is 4.03. The van der Waals surface area contributed by atoms with E-state index in [1.807, 2.05) is 30.3 Å². The Bertz CT molecular complexity index is 644. The minimum atomic E-state index is -0.690. The fourth-order valence-corrected chi connectivity index (χ4v) is 4.03. The summed E-state index contributed by atoms with van der Waals surface area (Å²) in [7, 11) is 0. The van der Waals surface area contributed by atoms with Crippen molar-refractivity contribution in [2.45, 2.75) is 32.4 Å². The lowest BCUT2D eigenvalue weighted by Crippen LogP contribution is -2.41. The highest BCUT2D eigenvalue weighted by atomic mass is 16.5. The van der Waals surface area contributed by atoms with Gasteiger partial charge in [0.25, 0.3) is 5.91 Å². The van der Waals surface area contributed by atoms with Crippen LogP contribution in [-0.2, 0) is 25.7 Å². The lowest BCUT2D eigenvalue weighted by molar-refractivity contribution is -0.151. The van der Waals surface area contributed by atoms with E-state index in [4.69, 9.17) is 9.84 Å². The highest BCUT2D eigenvalue weighted by Gasteiger charge is 2.56. The highest BCUT2D eigenvalue weighted by molar-refractivity contribution is 5.99. The molecule has 1 heterocycles. The number of fused-ring (bicyclic) bond motifs is 1. The van der Waals surface area contributed by atoms with Gasteiger partial charge in [-0.3, -0.25) is 19.3 Å². The van der Waals surface area contributed by atoms with Crippen molar-refractivity contribution < 1.29 is 24.2 Å². The van der Waals surface area contributed by atoms with E-state index in [9.17, 15) is 14.4 Å². The minimum Gasteiger partial charge on any atom is -0.461 e. The Balaban J connectivity index is 1.69. The number of aliphatic hydroxyl groups is 1. The number of rotatable bonds is 4. The normalized spacial score (nSPS) is 28.8. The molecule has 6 nitrogen and oxygen atoms in total. The molecule has 0 aromatic heterocycles. The molecule has 0 bridgehead atoms. The number of amides is 2. The van der Waals surface area contributed by atoms with Crippen LogP contribution in [-0.4, -0.2) is 40.4 Å². The molecule has 2 amide bonds. The van der Waals surface area contributed by atoms with Gasteiger partial charge in [-0.05, 0) is 18.4 Å². The Kier molecular flexibility index (Phi) is 4.66. The third-order valence-corrected chi connectivity index (χ3v) is 5.15. The van der Waals surface area contributed by atoms with Gasteiger partial charge in [0.2, 0.25) is 5.91 Å². The summed E-state index contributed by atoms with van der Waals surface area (Å²) in [4.78, 5) is 37.8. The van der Waals surface area contributed by atoms with Crippen molar-refractivity contribution >= 4 is 17.8 Å². The summed E-state index contributed by atoms with van der Waals surface area (Å²) in [6.07, 6.45) is 1.17.